The third-order valence-electron chi connectivity index (χ3n) is 3.87. The largest absolute Gasteiger partial charge is 0.444 e. The van der Waals surface area contributed by atoms with Gasteiger partial charge < -0.3 is 14.0 Å². The average molecular weight is 368 g/mol. The summed E-state index contributed by atoms with van der Waals surface area (Å²) in [5, 5.41) is 3.61. The average Bonchev–Trinajstić information content (AvgIpc) is 2.91. The Morgan fingerprint density at radius 3 is 2.74 bits per heavy atom. The van der Waals surface area contributed by atoms with Crippen molar-refractivity contribution in [2.24, 2.45) is 7.05 Å². The number of amides is 1. The van der Waals surface area contributed by atoms with Gasteiger partial charge in [0, 0.05) is 25.0 Å². The molecule has 0 saturated carbocycles. The smallest absolute Gasteiger partial charge is 0.412 e. The van der Waals surface area contributed by atoms with Crippen molar-refractivity contribution in [3.8, 4) is 11.6 Å². The van der Waals surface area contributed by atoms with Gasteiger partial charge in [-0.25, -0.2) is 14.8 Å². The van der Waals surface area contributed by atoms with Crippen molar-refractivity contribution in [2.45, 2.75) is 39.7 Å². The third-order valence-corrected chi connectivity index (χ3v) is 3.87. The van der Waals surface area contributed by atoms with E-state index in [0.717, 1.165) is 23.0 Å². The second kappa shape index (κ2) is 7.26. The lowest BCUT2D eigenvalue weighted by Crippen LogP contribution is -2.27. The maximum Gasteiger partial charge on any atom is 0.412 e. The Bertz CT molecular complexity index is 973. The molecule has 27 heavy (non-hydrogen) atoms. The summed E-state index contributed by atoms with van der Waals surface area (Å²) >= 11 is 0. The maximum atomic E-state index is 12.0. The number of anilines is 1. The summed E-state index contributed by atoms with van der Waals surface area (Å²) in [6.45, 7) is 7.53. The van der Waals surface area contributed by atoms with Crippen LogP contribution in [-0.2, 0) is 18.2 Å². The zero-order valence-electron chi connectivity index (χ0n) is 16.2. The minimum absolute atomic E-state index is 0.492. The van der Waals surface area contributed by atoms with Gasteiger partial charge in [-0.3, -0.25) is 5.32 Å². The summed E-state index contributed by atoms with van der Waals surface area (Å²) in [4.78, 5) is 20.6. The molecule has 1 N–H and O–H groups in total. The molecule has 0 bridgehead atoms. The van der Waals surface area contributed by atoms with Gasteiger partial charge >= 0.3 is 6.09 Å². The third kappa shape index (κ3) is 4.36. The van der Waals surface area contributed by atoms with Crippen LogP contribution < -0.4 is 10.1 Å². The molecule has 0 aliphatic rings. The van der Waals surface area contributed by atoms with Crippen molar-refractivity contribution in [1.29, 1.82) is 0 Å². The second-order valence-corrected chi connectivity index (χ2v) is 7.25. The van der Waals surface area contributed by atoms with Gasteiger partial charge in [0.2, 0.25) is 5.88 Å². The second-order valence-electron chi connectivity index (χ2n) is 7.25. The predicted molar refractivity (Wildman–Crippen MR) is 104 cm³/mol. The fourth-order valence-electron chi connectivity index (χ4n) is 2.78. The summed E-state index contributed by atoms with van der Waals surface area (Å²) in [7, 11) is 1.95. The Morgan fingerprint density at radius 2 is 2.04 bits per heavy atom. The molecule has 2 aromatic heterocycles. The van der Waals surface area contributed by atoms with Gasteiger partial charge in [-0.1, -0.05) is 13.0 Å². The fraction of sp³-hybridized carbons (Fsp3) is 0.350. The van der Waals surface area contributed by atoms with Gasteiger partial charge in [-0.05, 0) is 44.9 Å². The lowest BCUT2D eigenvalue weighted by Gasteiger charge is -2.19. The van der Waals surface area contributed by atoms with Crippen LogP contribution in [0.4, 0.5) is 10.5 Å². The summed E-state index contributed by atoms with van der Waals surface area (Å²) in [5.74, 6) is 1.06. The molecule has 0 saturated heterocycles. The summed E-state index contributed by atoms with van der Waals surface area (Å²) in [5.41, 5.74) is 1.95. The van der Waals surface area contributed by atoms with Crippen molar-refractivity contribution < 1.29 is 14.3 Å². The van der Waals surface area contributed by atoms with E-state index in [1.54, 1.807) is 18.2 Å². The van der Waals surface area contributed by atoms with E-state index < -0.39 is 11.7 Å². The number of benzene rings is 1. The summed E-state index contributed by atoms with van der Waals surface area (Å²) < 4.78 is 13.3. The number of nitrogens with one attached hydrogen (secondary N) is 1. The molecule has 3 rings (SSSR count). The SMILES string of the molecule is CCc1cn(C)c2ncnc(Oc3cccc(NC(=O)OC(C)(C)C)c3)c12. The van der Waals surface area contributed by atoms with Crippen molar-refractivity contribution in [3.05, 3.63) is 42.4 Å². The Kier molecular flexibility index (Phi) is 5.03. The number of aromatic nitrogens is 3. The van der Waals surface area contributed by atoms with Gasteiger partial charge in [-0.2, -0.15) is 0 Å². The number of carbonyl (C=O) groups excluding carboxylic acids is 1. The molecule has 7 heteroatoms. The molecule has 0 atom stereocenters. The van der Waals surface area contributed by atoms with Crippen LogP contribution in [0.3, 0.4) is 0 Å². The Hall–Kier alpha value is -3.09. The fourth-order valence-corrected chi connectivity index (χ4v) is 2.78. The van der Waals surface area contributed by atoms with Crippen molar-refractivity contribution in [3.63, 3.8) is 0 Å². The van der Waals surface area contributed by atoms with Crippen molar-refractivity contribution in [1.82, 2.24) is 14.5 Å². The number of hydrogen-bond donors (Lipinski definition) is 1. The molecule has 0 aliphatic heterocycles. The highest BCUT2D eigenvalue weighted by atomic mass is 16.6. The molecule has 0 fully saturated rings. The first-order valence-corrected chi connectivity index (χ1v) is 8.83. The summed E-state index contributed by atoms with van der Waals surface area (Å²) in [6, 6.07) is 7.10. The van der Waals surface area contributed by atoms with E-state index in [9.17, 15) is 4.79 Å². The van der Waals surface area contributed by atoms with E-state index in [1.807, 2.05) is 44.6 Å². The van der Waals surface area contributed by atoms with Crippen LogP contribution >= 0.6 is 0 Å². The van der Waals surface area contributed by atoms with E-state index >= 15 is 0 Å². The van der Waals surface area contributed by atoms with E-state index in [-0.39, 0.29) is 0 Å². The monoisotopic (exact) mass is 368 g/mol. The van der Waals surface area contributed by atoms with Crippen LogP contribution in [0.15, 0.2) is 36.8 Å². The lowest BCUT2D eigenvalue weighted by molar-refractivity contribution is 0.0636. The first-order valence-electron chi connectivity index (χ1n) is 8.83. The number of carbonyl (C=O) groups is 1. The minimum Gasteiger partial charge on any atom is -0.444 e. The number of nitrogens with zero attached hydrogens (tertiary/aromatic N) is 3. The van der Waals surface area contributed by atoms with Crippen molar-refractivity contribution >= 4 is 22.8 Å². The number of aryl methyl sites for hydroxylation is 2. The molecule has 1 aromatic carbocycles. The molecule has 7 nitrogen and oxygen atoms in total. The number of hydrogen-bond acceptors (Lipinski definition) is 5. The topological polar surface area (TPSA) is 78.3 Å². The molecule has 3 aromatic rings. The molecule has 142 valence electrons. The highest BCUT2D eigenvalue weighted by molar-refractivity contribution is 5.86. The van der Waals surface area contributed by atoms with Crippen LogP contribution in [0.2, 0.25) is 0 Å². The van der Waals surface area contributed by atoms with Crippen LogP contribution in [-0.4, -0.2) is 26.2 Å². The Morgan fingerprint density at radius 1 is 1.26 bits per heavy atom. The minimum atomic E-state index is -0.561. The molecule has 0 spiro atoms. The number of ether oxygens (including phenoxy) is 2. The van der Waals surface area contributed by atoms with Crippen LogP contribution in [0, 0.1) is 0 Å². The van der Waals surface area contributed by atoms with Gasteiger partial charge in [0.1, 0.15) is 23.3 Å². The zero-order chi connectivity index (χ0) is 19.6. The first kappa shape index (κ1) is 18.7. The molecule has 0 aliphatic carbocycles. The highest BCUT2D eigenvalue weighted by Gasteiger charge is 2.17. The molecular formula is C20H24N4O3. The number of rotatable bonds is 4. The quantitative estimate of drug-likeness (QED) is 0.724. The van der Waals surface area contributed by atoms with E-state index in [1.165, 1.54) is 6.33 Å². The maximum absolute atomic E-state index is 12.0. The first-order chi connectivity index (χ1) is 12.8. The van der Waals surface area contributed by atoms with Crippen LogP contribution in [0.1, 0.15) is 33.3 Å². The van der Waals surface area contributed by atoms with Gasteiger partial charge in [-0.15, -0.1) is 0 Å². The molecule has 1 amide bonds. The zero-order valence-corrected chi connectivity index (χ0v) is 16.2. The predicted octanol–water partition coefficient (Wildman–Crippen LogP) is 4.67. The number of fused-ring (bicyclic) bond motifs is 1. The Labute approximate surface area is 158 Å². The van der Waals surface area contributed by atoms with Crippen LogP contribution in [0.5, 0.6) is 11.6 Å². The van der Waals surface area contributed by atoms with Crippen LogP contribution in [0.25, 0.3) is 11.0 Å². The molecular weight excluding hydrogens is 344 g/mol. The van der Waals surface area contributed by atoms with E-state index in [4.69, 9.17) is 9.47 Å². The van der Waals surface area contributed by atoms with E-state index in [0.29, 0.717) is 17.3 Å². The van der Waals surface area contributed by atoms with Gasteiger partial charge in [0.25, 0.3) is 0 Å². The molecule has 2 heterocycles. The van der Waals surface area contributed by atoms with Gasteiger partial charge in [0.05, 0.1) is 5.39 Å². The summed E-state index contributed by atoms with van der Waals surface area (Å²) in [6.07, 6.45) is 3.86. The van der Waals surface area contributed by atoms with E-state index in [2.05, 4.69) is 22.2 Å². The van der Waals surface area contributed by atoms with Crippen molar-refractivity contribution in [2.75, 3.05) is 5.32 Å². The van der Waals surface area contributed by atoms with Gasteiger partial charge in [0.15, 0.2) is 0 Å². The Balaban J connectivity index is 1.85. The lowest BCUT2D eigenvalue weighted by atomic mass is 10.2. The molecule has 0 radical (unpaired) electrons. The standard InChI is InChI=1S/C20H24N4O3/c1-6-13-11-24(5)17-16(13)18(22-12-21-17)26-15-9-7-8-14(10-15)23-19(25)27-20(2,3)4/h7-12H,6H2,1-5H3,(H,23,25). The normalized spacial score (nSPS) is 11.4. The highest BCUT2D eigenvalue weighted by Crippen LogP contribution is 2.31. The molecule has 0 unspecified atom stereocenters.